The molecule has 8 heteroatoms. The van der Waals surface area contributed by atoms with Gasteiger partial charge in [0.25, 0.3) is 10.0 Å². The van der Waals surface area contributed by atoms with Crippen molar-refractivity contribution in [2.45, 2.75) is 4.90 Å². The van der Waals surface area contributed by atoms with E-state index in [-0.39, 0.29) is 9.77 Å². The van der Waals surface area contributed by atoms with Crippen LogP contribution >= 0.6 is 11.3 Å². The Kier molecular flexibility index (Phi) is 3.96. The molecule has 0 atom stereocenters. The van der Waals surface area contributed by atoms with Gasteiger partial charge in [0, 0.05) is 5.69 Å². The zero-order valence-corrected chi connectivity index (χ0v) is 12.0. The van der Waals surface area contributed by atoms with Crippen LogP contribution in [-0.2, 0) is 10.0 Å². The lowest BCUT2D eigenvalue weighted by Gasteiger charge is -2.08. The van der Waals surface area contributed by atoms with Crippen molar-refractivity contribution in [2.75, 3.05) is 11.8 Å². The van der Waals surface area contributed by atoms with Crippen LogP contribution in [0.5, 0.6) is 5.75 Å². The first-order chi connectivity index (χ1) is 9.44. The first kappa shape index (κ1) is 14.4. The van der Waals surface area contributed by atoms with E-state index < -0.39 is 16.0 Å². The summed E-state index contributed by atoms with van der Waals surface area (Å²) >= 11 is 0.862. The first-order valence-corrected chi connectivity index (χ1v) is 7.78. The van der Waals surface area contributed by atoms with Crippen LogP contribution in [0.2, 0.25) is 0 Å². The van der Waals surface area contributed by atoms with Gasteiger partial charge in [-0.3, -0.25) is 4.72 Å². The Bertz CT molecular complexity index is 719. The number of thiophene rings is 1. The van der Waals surface area contributed by atoms with Crippen LogP contribution in [-0.4, -0.2) is 26.6 Å². The molecule has 1 aromatic heterocycles. The molecule has 2 aromatic rings. The summed E-state index contributed by atoms with van der Waals surface area (Å²) in [4.78, 5) is 10.5. The lowest BCUT2D eigenvalue weighted by molar-refractivity contribution is 0.0698. The van der Waals surface area contributed by atoms with Gasteiger partial charge in [-0.1, -0.05) is 0 Å². The van der Waals surface area contributed by atoms with Crippen molar-refractivity contribution in [2.24, 2.45) is 0 Å². The van der Waals surface area contributed by atoms with Gasteiger partial charge in [-0.2, -0.15) is 0 Å². The Morgan fingerprint density at radius 1 is 1.25 bits per heavy atom. The number of carboxylic acid groups (broad SMARTS) is 1. The summed E-state index contributed by atoms with van der Waals surface area (Å²) in [5.41, 5.74) is 0.327. The van der Waals surface area contributed by atoms with Crippen LogP contribution < -0.4 is 9.46 Å². The summed E-state index contributed by atoms with van der Waals surface area (Å²) in [6, 6.07) is 7.53. The third kappa shape index (κ3) is 2.91. The molecule has 0 amide bonds. The number of aromatic carboxylic acids is 1. The number of rotatable bonds is 5. The summed E-state index contributed by atoms with van der Waals surface area (Å²) < 4.78 is 31.6. The minimum Gasteiger partial charge on any atom is -0.497 e. The van der Waals surface area contributed by atoms with Crippen LogP contribution in [0.15, 0.2) is 40.6 Å². The van der Waals surface area contributed by atoms with E-state index in [1.807, 2.05) is 0 Å². The highest BCUT2D eigenvalue weighted by Gasteiger charge is 2.23. The molecule has 0 fully saturated rings. The highest BCUT2D eigenvalue weighted by atomic mass is 32.2. The number of carbonyl (C=O) groups is 1. The molecule has 0 radical (unpaired) electrons. The van der Waals surface area contributed by atoms with E-state index in [0.29, 0.717) is 11.4 Å². The third-order valence-electron chi connectivity index (χ3n) is 2.46. The number of hydrogen-bond acceptors (Lipinski definition) is 5. The second-order valence-corrected chi connectivity index (χ2v) is 6.32. The fourth-order valence-electron chi connectivity index (χ4n) is 1.53. The molecule has 20 heavy (non-hydrogen) atoms. The zero-order valence-electron chi connectivity index (χ0n) is 10.4. The summed E-state index contributed by atoms with van der Waals surface area (Å²) in [7, 11) is -2.42. The molecule has 0 saturated carbocycles. The van der Waals surface area contributed by atoms with E-state index in [0.717, 1.165) is 11.3 Å². The number of benzene rings is 1. The molecule has 0 aliphatic rings. The Hall–Kier alpha value is -2.06. The fraction of sp³-hybridized carbons (Fsp3) is 0.0833. The largest absolute Gasteiger partial charge is 0.497 e. The Balaban J connectivity index is 2.30. The van der Waals surface area contributed by atoms with Crippen LogP contribution in [0.1, 0.15) is 9.67 Å². The van der Waals surface area contributed by atoms with Gasteiger partial charge in [0.05, 0.1) is 7.11 Å². The van der Waals surface area contributed by atoms with E-state index in [9.17, 15) is 13.2 Å². The topological polar surface area (TPSA) is 92.7 Å². The standard InChI is InChI=1S/C12H11NO5S2/c1-18-9-4-2-8(3-5-9)13-20(16,17)10-6-7-19-11(10)12(14)15/h2-7,13H,1H3,(H,14,15). The van der Waals surface area contributed by atoms with Crippen LogP contribution in [0.3, 0.4) is 0 Å². The summed E-state index contributed by atoms with van der Waals surface area (Å²) in [6.07, 6.45) is 0. The van der Waals surface area contributed by atoms with Crippen molar-refractivity contribution in [3.63, 3.8) is 0 Å². The molecular formula is C12H11NO5S2. The SMILES string of the molecule is COc1ccc(NS(=O)(=O)c2ccsc2C(=O)O)cc1. The normalized spacial score (nSPS) is 11.1. The van der Waals surface area contributed by atoms with Gasteiger partial charge in [-0.05, 0) is 35.7 Å². The molecule has 1 aromatic carbocycles. The molecular weight excluding hydrogens is 302 g/mol. The predicted molar refractivity (Wildman–Crippen MR) is 75.1 cm³/mol. The number of carboxylic acids is 1. The van der Waals surface area contributed by atoms with Gasteiger partial charge in [-0.15, -0.1) is 11.3 Å². The average molecular weight is 313 g/mol. The minimum atomic E-state index is -3.93. The molecule has 0 unspecified atom stereocenters. The lowest BCUT2D eigenvalue weighted by atomic mass is 10.3. The Morgan fingerprint density at radius 2 is 1.90 bits per heavy atom. The average Bonchev–Trinajstić information content (AvgIpc) is 2.89. The molecule has 0 aliphatic carbocycles. The summed E-state index contributed by atoms with van der Waals surface area (Å²) in [6.45, 7) is 0. The number of anilines is 1. The fourth-order valence-corrected chi connectivity index (χ4v) is 3.85. The number of methoxy groups -OCH3 is 1. The molecule has 2 rings (SSSR count). The molecule has 2 N–H and O–H groups in total. The Morgan fingerprint density at radius 3 is 2.45 bits per heavy atom. The molecule has 0 spiro atoms. The van der Waals surface area contributed by atoms with Crippen molar-refractivity contribution in [3.8, 4) is 5.75 Å². The number of nitrogens with one attached hydrogen (secondary N) is 1. The number of ether oxygens (including phenoxy) is 1. The smallest absolute Gasteiger partial charge is 0.347 e. The monoisotopic (exact) mass is 313 g/mol. The van der Waals surface area contributed by atoms with Gasteiger partial charge < -0.3 is 9.84 Å². The quantitative estimate of drug-likeness (QED) is 0.883. The van der Waals surface area contributed by atoms with Gasteiger partial charge >= 0.3 is 5.97 Å². The van der Waals surface area contributed by atoms with Crippen LogP contribution in [0.4, 0.5) is 5.69 Å². The molecule has 0 bridgehead atoms. The van der Waals surface area contributed by atoms with Crippen LogP contribution in [0.25, 0.3) is 0 Å². The molecule has 1 heterocycles. The van der Waals surface area contributed by atoms with Gasteiger partial charge in [0.1, 0.15) is 15.5 Å². The molecule has 106 valence electrons. The van der Waals surface area contributed by atoms with E-state index in [1.165, 1.54) is 30.7 Å². The number of sulfonamides is 1. The highest BCUT2D eigenvalue weighted by Crippen LogP contribution is 2.25. The second kappa shape index (κ2) is 5.51. The maximum absolute atomic E-state index is 12.1. The highest BCUT2D eigenvalue weighted by molar-refractivity contribution is 7.93. The molecule has 6 nitrogen and oxygen atoms in total. The van der Waals surface area contributed by atoms with E-state index in [1.54, 1.807) is 12.1 Å². The lowest BCUT2D eigenvalue weighted by Crippen LogP contribution is -2.15. The van der Waals surface area contributed by atoms with E-state index in [2.05, 4.69) is 4.72 Å². The van der Waals surface area contributed by atoms with Crippen molar-refractivity contribution >= 4 is 33.0 Å². The van der Waals surface area contributed by atoms with E-state index in [4.69, 9.17) is 9.84 Å². The van der Waals surface area contributed by atoms with Crippen LogP contribution in [0, 0.1) is 0 Å². The number of hydrogen-bond donors (Lipinski definition) is 2. The maximum Gasteiger partial charge on any atom is 0.347 e. The van der Waals surface area contributed by atoms with E-state index >= 15 is 0 Å². The predicted octanol–water partition coefficient (Wildman–Crippen LogP) is 2.26. The summed E-state index contributed by atoms with van der Waals surface area (Å²) in [5, 5.41) is 10.4. The van der Waals surface area contributed by atoms with Crippen molar-refractivity contribution in [3.05, 3.63) is 40.6 Å². The molecule has 0 saturated heterocycles. The first-order valence-electron chi connectivity index (χ1n) is 5.41. The van der Waals surface area contributed by atoms with Crippen molar-refractivity contribution < 1.29 is 23.1 Å². The molecule has 0 aliphatic heterocycles. The summed E-state index contributed by atoms with van der Waals surface area (Å²) in [5.74, 6) is -0.676. The van der Waals surface area contributed by atoms with Gasteiger partial charge in [0.2, 0.25) is 0 Å². The van der Waals surface area contributed by atoms with Crippen molar-refractivity contribution in [1.29, 1.82) is 0 Å². The third-order valence-corrected chi connectivity index (χ3v) is 4.91. The maximum atomic E-state index is 12.1. The van der Waals surface area contributed by atoms with Crippen molar-refractivity contribution in [1.82, 2.24) is 0 Å². The second-order valence-electron chi connectivity index (χ2n) is 3.75. The van der Waals surface area contributed by atoms with Gasteiger partial charge in [0.15, 0.2) is 0 Å². The minimum absolute atomic E-state index is 0.217. The zero-order chi connectivity index (χ0) is 14.8. The van der Waals surface area contributed by atoms with Gasteiger partial charge in [-0.25, -0.2) is 13.2 Å². The Labute approximate surface area is 119 Å².